The predicted molar refractivity (Wildman–Crippen MR) is 625 cm³/mol. The minimum absolute atomic E-state index is 0.0827. The number of hydrogen-bond acceptors (Lipinski definition) is 4. The third kappa shape index (κ3) is 12.2. The van der Waals surface area contributed by atoms with Gasteiger partial charge >= 0.3 is 0 Å². The maximum absolute atomic E-state index is 5.12. The summed E-state index contributed by atoms with van der Waals surface area (Å²) in [6, 6.07) is 176. The SMILES string of the molecule is CC1(C)c2ccccc2-c2ccc(-n3c4cc5c(cc4c4ccc6c7ccccc7sc6c43)c3ccccc3n5-c3ccccc3)cc21.c1ccc(-c2cccc(-c3ccc4c5cc6c7ccc8c9ccccc9sc8c7n(-c7ccccc7)c6cc5n(-c5ccccc5)c4c3)n2)cc1.c1ccc(-n2c3ccccc3c3cc4c5ccc6c7ccccc7sc6c5n(-c5cc6ccccc6c6ccccc56)c4cc32)cc1. The molecule has 0 atom stereocenters. The molecule has 32 aromatic rings. The van der Waals surface area contributed by atoms with E-state index in [1.54, 1.807) is 0 Å². The first-order valence-electron chi connectivity index (χ1n) is 50.1. The summed E-state index contributed by atoms with van der Waals surface area (Å²) in [5, 5.41) is 28.2. The van der Waals surface area contributed by atoms with Crippen LogP contribution >= 0.6 is 34.0 Å². The van der Waals surface area contributed by atoms with Gasteiger partial charge in [0.1, 0.15) is 0 Å². The topological polar surface area (TPSA) is 42.5 Å². The van der Waals surface area contributed by atoms with Crippen LogP contribution in [0, 0.1) is 0 Å². The van der Waals surface area contributed by atoms with Crippen LogP contribution in [0.15, 0.2) is 479 Å². The van der Waals surface area contributed by atoms with Crippen LogP contribution in [0.3, 0.4) is 0 Å². The van der Waals surface area contributed by atoms with E-state index < -0.39 is 0 Å². The van der Waals surface area contributed by atoms with Crippen molar-refractivity contribution in [3.8, 4) is 67.8 Å². The Bertz CT molecular complexity index is 11100. The molecule has 0 saturated carbocycles. The summed E-state index contributed by atoms with van der Waals surface area (Å²) in [6.45, 7) is 4.75. The molecule has 682 valence electrons. The molecule has 22 aromatic carbocycles. The van der Waals surface area contributed by atoms with Crippen LogP contribution in [-0.2, 0) is 5.41 Å². The molecule has 10 heterocycles. The molecule has 1 aliphatic carbocycles. The van der Waals surface area contributed by atoms with E-state index in [4.69, 9.17) is 4.98 Å². The molecule has 0 N–H and O–H groups in total. The molecule has 10 aromatic heterocycles. The van der Waals surface area contributed by atoms with Crippen molar-refractivity contribution >= 4 is 247 Å². The van der Waals surface area contributed by atoms with Gasteiger partial charge < -0.3 is 27.4 Å². The molecule has 1 aliphatic rings. The summed E-state index contributed by atoms with van der Waals surface area (Å²) < 4.78 is 22.9. The number of fused-ring (bicyclic) bond motifs is 36. The molecule has 0 spiro atoms. The van der Waals surface area contributed by atoms with Gasteiger partial charge in [-0.25, -0.2) is 4.98 Å². The second kappa shape index (κ2) is 32.0. The molecule has 0 amide bonds. The highest BCUT2D eigenvalue weighted by Gasteiger charge is 2.37. The lowest BCUT2D eigenvalue weighted by molar-refractivity contribution is 0.660. The summed E-state index contributed by atoms with van der Waals surface area (Å²) in [7, 11) is 0. The van der Waals surface area contributed by atoms with E-state index in [0.717, 1.165) is 39.4 Å². The third-order valence-corrected chi connectivity index (χ3v) is 34.9. The number of aromatic nitrogens is 7. The molecule has 10 heteroatoms. The predicted octanol–water partition coefficient (Wildman–Crippen LogP) is 38.1. The van der Waals surface area contributed by atoms with E-state index in [0.29, 0.717) is 0 Å². The summed E-state index contributed by atoms with van der Waals surface area (Å²) in [5.74, 6) is 0. The number of thiophene rings is 3. The fraction of sp³-hybridized carbons (Fsp3) is 0.0221. The van der Waals surface area contributed by atoms with Gasteiger partial charge in [0.15, 0.2) is 0 Å². The van der Waals surface area contributed by atoms with Crippen molar-refractivity contribution in [2.75, 3.05) is 0 Å². The summed E-state index contributed by atoms with van der Waals surface area (Å²) >= 11 is 5.71. The van der Waals surface area contributed by atoms with Gasteiger partial charge in [0.05, 0.1) is 97.4 Å². The van der Waals surface area contributed by atoms with Crippen molar-refractivity contribution in [1.82, 2.24) is 32.4 Å². The smallest absolute Gasteiger partial charge is 0.0720 e. The number of rotatable bonds is 8. The third-order valence-electron chi connectivity index (χ3n) is 31.3. The minimum atomic E-state index is -0.0827. The van der Waals surface area contributed by atoms with Gasteiger partial charge in [0.2, 0.25) is 0 Å². The molecule has 0 aliphatic heterocycles. The Morgan fingerprint density at radius 1 is 0.185 bits per heavy atom. The number of para-hydroxylation sites is 6. The van der Waals surface area contributed by atoms with Gasteiger partial charge in [-0.2, -0.15) is 0 Å². The lowest BCUT2D eigenvalue weighted by atomic mass is 9.82. The van der Waals surface area contributed by atoms with Crippen molar-refractivity contribution in [2.45, 2.75) is 19.3 Å². The second-order valence-electron chi connectivity index (χ2n) is 39.4. The lowest BCUT2D eigenvalue weighted by Crippen LogP contribution is -2.15. The zero-order valence-corrected chi connectivity index (χ0v) is 81.9. The lowest BCUT2D eigenvalue weighted by Gasteiger charge is -2.22. The van der Waals surface area contributed by atoms with Crippen molar-refractivity contribution in [2.24, 2.45) is 0 Å². The highest BCUT2D eigenvalue weighted by Crippen LogP contribution is 2.55. The van der Waals surface area contributed by atoms with Crippen molar-refractivity contribution in [3.05, 3.63) is 490 Å². The molecule has 7 nitrogen and oxygen atoms in total. The summed E-state index contributed by atoms with van der Waals surface area (Å²) in [6.07, 6.45) is 0. The van der Waals surface area contributed by atoms with E-state index in [9.17, 15) is 0 Å². The Labute approximate surface area is 849 Å². The molecule has 0 bridgehead atoms. The molecule has 0 radical (unpaired) electrons. The number of nitrogens with zero attached hydrogens (tertiary/aromatic N) is 7. The van der Waals surface area contributed by atoms with Crippen LogP contribution < -0.4 is 0 Å². The average Bonchev–Trinajstić information content (AvgIpc) is 1.54. The van der Waals surface area contributed by atoms with Gasteiger partial charge in [-0.15, -0.1) is 34.0 Å². The first kappa shape index (κ1) is 82.7. The fourth-order valence-electron chi connectivity index (χ4n) is 24.8. The first-order valence-corrected chi connectivity index (χ1v) is 52.6. The van der Waals surface area contributed by atoms with Crippen molar-refractivity contribution in [1.29, 1.82) is 0 Å². The number of benzene rings is 22. The molecule has 0 unspecified atom stereocenters. The van der Waals surface area contributed by atoms with Gasteiger partial charge in [0, 0.05) is 161 Å². The van der Waals surface area contributed by atoms with Gasteiger partial charge in [-0.3, -0.25) is 0 Å². The van der Waals surface area contributed by atoms with Gasteiger partial charge in [0.25, 0.3) is 0 Å². The molecular formula is C136H85N7S3. The van der Waals surface area contributed by atoms with Crippen LogP contribution in [0.5, 0.6) is 0 Å². The molecule has 0 fully saturated rings. The number of hydrogen-bond donors (Lipinski definition) is 0. The minimum Gasteiger partial charge on any atom is -0.309 e. The standard InChI is InChI=1S/C47H29N3S.C45H30N2S.C44H26N2S/c1-4-13-30(14-5-1)40-20-12-21-41(48-40)31-23-24-34-38-28-39-36-25-26-37-35-19-10-11-22-45(35)51-47(37)46(36)50(33-17-8-3-9-18-33)44(39)29-43(38)49(42(34)27-31)32-15-6-2-7-16-32;1-45(2)37-17-9-6-14-29(37)30-21-20-28(24-38(30)45)47-41-26-40-35(31-15-7-10-18-39(31)46(40)27-12-4-3-5-13-27)25-36(41)33-22-23-34-32-16-8-11-19-42(32)48-44(34)43(33)47;1-2-13-28(14-3-1)45-38-20-10-8-18-32(38)36-25-37-34-22-23-35-33-19-9-11-21-42(33)47-44(35)43(34)46(41(37)26-40(36)45)39-24-27-12-4-5-15-29(27)30-16-6-7-17-31(30)39/h1-29H;3-26H,1-2H3;1-26H. The molecular weight excluding hydrogens is 1830 g/mol. The largest absolute Gasteiger partial charge is 0.309 e. The Kier molecular flexibility index (Phi) is 18.1. The fourth-order valence-corrected chi connectivity index (χ4v) is 28.5. The Hall–Kier alpha value is -18.0. The van der Waals surface area contributed by atoms with Crippen molar-refractivity contribution in [3.63, 3.8) is 0 Å². The normalized spacial score (nSPS) is 12.6. The van der Waals surface area contributed by atoms with Gasteiger partial charge in [-0.05, 0) is 190 Å². The van der Waals surface area contributed by atoms with E-state index in [2.05, 4.69) is 514 Å². The molecule has 0 saturated heterocycles. The second-order valence-corrected chi connectivity index (χ2v) is 42.6. The Balaban J connectivity index is 0.0000000995. The average molecular weight is 1910 g/mol. The quantitative estimate of drug-likeness (QED) is 0.140. The summed E-state index contributed by atoms with van der Waals surface area (Å²) in [5.41, 5.74) is 31.3. The molecule has 146 heavy (non-hydrogen) atoms. The maximum Gasteiger partial charge on any atom is 0.0720 e. The first-order chi connectivity index (χ1) is 72.2. The van der Waals surface area contributed by atoms with E-state index in [1.807, 2.05) is 40.1 Å². The van der Waals surface area contributed by atoms with Crippen LogP contribution in [-0.4, -0.2) is 32.4 Å². The monoisotopic (exact) mass is 1910 g/mol. The summed E-state index contributed by atoms with van der Waals surface area (Å²) in [4.78, 5) is 5.12. The maximum atomic E-state index is 5.12. The van der Waals surface area contributed by atoms with Crippen LogP contribution in [0.1, 0.15) is 25.0 Å². The van der Waals surface area contributed by atoms with E-state index in [-0.39, 0.29) is 5.41 Å². The molecule has 33 rings (SSSR count). The van der Waals surface area contributed by atoms with E-state index in [1.165, 1.54) is 252 Å². The van der Waals surface area contributed by atoms with Gasteiger partial charge in [-0.1, -0.05) is 341 Å². The van der Waals surface area contributed by atoms with Crippen molar-refractivity contribution < 1.29 is 0 Å². The van der Waals surface area contributed by atoms with Crippen LogP contribution in [0.25, 0.3) is 281 Å². The number of pyridine rings is 1. The highest BCUT2D eigenvalue weighted by atomic mass is 32.1. The zero-order chi connectivity index (χ0) is 95.8. The highest BCUT2D eigenvalue weighted by molar-refractivity contribution is 7.27. The Morgan fingerprint density at radius 2 is 0.527 bits per heavy atom. The zero-order valence-electron chi connectivity index (χ0n) is 79.5. The van der Waals surface area contributed by atoms with E-state index >= 15 is 0 Å². The Morgan fingerprint density at radius 3 is 1.03 bits per heavy atom. The van der Waals surface area contributed by atoms with Crippen LogP contribution in [0.2, 0.25) is 0 Å². The van der Waals surface area contributed by atoms with Crippen LogP contribution in [0.4, 0.5) is 0 Å².